The van der Waals surface area contributed by atoms with Crippen LogP contribution in [0.3, 0.4) is 0 Å². The van der Waals surface area contributed by atoms with Crippen molar-refractivity contribution in [3.8, 4) is 17.1 Å². The average Bonchev–Trinajstić information content (AvgIpc) is 3.32. The lowest BCUT2D eigenvalue weighted by atomic mass is 10.1. The predicted molar refractivity (Wildman–Crippen MR) is 91.6 cm³/mol. The van der Waals surface area contributed by atoms with Gasteiger partial charge in [-0.1, -0.05) is 0 Å². The molecule has 0 spiro atoms. The van der Waals surface area contributed by atoms with E-state index in [0.717, 1.165) is 0 Å². The van der Waals surface area contributed by atoms with E-state index in [9.17, 15) is 9.18 Å². The number of anilines is 1. The van der Waals surface area contributed by atoms with E-state index in [1.165, 1.54) is 31.6 Å². The molecule has 8 heteroatoms. The first kappa shape index (κ1) is 15.8. The van der Waals surface area contributed by atoms with E-state index in [1.807, 2.05) is 0 Å². The molecule has 0 radical (unpaired) electrons. The molecule has 3 heterocycles. The predicted octanol–water partition coefficient (Wildman–Crippen LogP) is 3.39. The highest BCUT2D eigenvalue weighted by Crippen LogP contribution is 2.25. The van der Waals surface area contributed by atoms with Gasteiger partial charge in [0.15, 0.2) is 11.4 Å². The molecule has 0 unspecified atom stereocenters. The lowest BCUT2D eigenvalue weighted by Crippen LogP contribution is -2.12. The van der Waals surface area contributed by atoms with Crippen molar-refractivity contribution >= 4 is 17.2 Å². The Morgan fingerprint density at radius 3 is 2.92 bits per heavy atom. The number of aromatic nitrogens is 3. The SMILES string of the molecule is COc1ccc2nc(-c3ccc(F)c(NC(=O)c4ccco4)c3)cn2n1. The van der Waals surface area contributed by atoms with Crippen LogP contribution in [0, 0.1) is 5.82 Å². The van der Waals surface area contributed by atoms with E-state index in [2.05, 4.69) is 15.4 Å². The molecule has 7 nitrogen and oxygen atoms in total. The molecule has 1 amide bonds. The smallest absolute Gasteiger partial charge is 0.291 e. The summed E-state index contributed by atoms with van der Waals surface area (Å²) >= 11 is 0. The fraction of sp³-hybridized carbons (Fsp3) is 0.0556. The third-order valence-corrected chi connectivity index (χ3v) is 3.76. The van der Waals surface area contributed by atoms with Crippen molar-refractivity contribution in [2.45, 2.75) is 0 Å². The summed E-state index contributed by atoms with van der Waals surface area (Å²) in [5, 5.41) is 6.73. The second kappa shape index (κ2) is 6.32. The standard InChI is InChI=1S/C18H13FN4O3/c1-25-17-7-6-16-20-14(10-23(16)22-17)11-4-5-12(19)13(9-11)21-18(24)15-3-2-8-26-15/h2-10H,1H3,(H,21,24). The zero-order chi connectivity index (χ0) is 18.1. The van der Waals surface area contributed by atoms with E-state index in [-0.39, 0.29) is 11.4 Å². The molecule has 0 fully saturated rings. The monoisotopic (exact) mass is 352 g/mol. The first-order valence-electron chi connectivity index (χ1n) is 7.69. The van der Waals surface area contributed by atoms with Gasteiger partial charge in [-0.25, -0.2) is 13.9 Å². The lowest BCUT2D eigenvalue weighted by Gasteiger charge is -2.06. The van der Waals surface area contributed by atoms with Gasteiger partial charge >= 0.3 is 0 Å². The number of carbonyl (C=O) groups excluding carboxylic acids is 1. The number of imidazole rings is 1. The van der Waals surface area contributed by atoms with Crippen LogP contribution in [0.4, 0.5) is 10.1 Å². The van der Waals surface area contributed by atoms with Gasteiger partial charge < -0.3 is 14.5 Å². The van der Waals surface area contributed by atoms with Gasteiger partial charge in [0.25, 0.3) is 5.91 Å². The summed E-state index contributed by atoms with van der Waals surface area (Å²) in [6.45, 7) is 0. The number of hydrogen-bond acceptors (Lipinski definition) is 5. The first-order chi connectivity index (χ1) is 12.6. The summed E-state index contributed by atoms with van der Waals surface area (Å²) < 4.78 is 25.8. The van der Waals surface area contributed by atoms with E-state index in [4.69, 9.17) is 9.15 Å². The van der Waals surface area contributed by atoms with E-state index in [0.29, 0.717) is 22.8 Å². The molecule has 0 saturated carbocycles. The third kappa shape index (κ3) is 2.88. The maximum atomic E-state index is 14.1. The van der Waals surface area contributed by atoms with Crippen molar-refractivity contribution in [2.24, 2.45) is 0 Å². The average molecular weight is 352 g/mol. The van der Waals surface area contributed by atoms with Crippen LogP contribution in [0.15, 0.2) is 59.3 Å². The van der Waals surface area contributed by atoms with Crippen LogP contribution >= 0.6 is 0 Å². The van der Waals surface area contributed by atoms with Crippen molar-refractivity contribution in [3.63, 3.8) is 0 Å². The number of nitrogens with zero attached hydrogens (tertiary/aromatic N) is 3. The number of nitrogens with one attached hydrogen (secondary N) is 1. The van der Waals surface area contributed by atoms with Gasteiger partial charge in [0, 0.05) is 11.6 Å². The Labute approximate surface area is 147 Å². The molecular weight excluding hydrogens is 339 g/mol. The van der Waals surface area contributed by atoms with Crippen LogP contribution < -0.4 is 10.1 Å². The highest BCUT2D eigenvalue weighted by atomic mass is 19.1. The lowest BCUT2D eigenvalue weighted by molar-refractivity contribution is 0.0996. The Kier molecular flexibility index (Phi) is 3.85. The van der Waals surface area contributed by atoms with Crippen LogP contribution in [0.2, 0.25) is 0 Å². The van der Waals surface area contributed by atoms with E-state index < -0.39 is 11.7 Å². The van der Waals surface area contributed by atoms with Crippen LogP contribution in [0.5, 0.6) is 5.88 Å². The maximum Gasteiger partial charge on any atom is 0.291 e. The molecule has 0 aliphatic rings. The molecule has 26 heavy (non-hydrogen) atoms. The molecule has 3 aromatic heterocycles. The minimum atomic E-state index is -0.558. The number of ether oxygens (including phenoxy) is 1. The Balaban J connectivity index is 1.68. The highest BCUT2D eigenvalue weighted by Gasteiger charge is 2.14. The molecule has 0 aliphatic heterocycles. The molecule has 1 N–H and O–H groups in total. The van der Waals surface area contributed by atoms with Crippen LogP contribution in [0.1, 0.15) is 10.6 Å². The fourth-order valence-electron chi connectivity index (χ4n) is 2.48. The van der Waals surface area contributed by atoms with E-state index >= 15 is 0 Å². The van der Waals surface area contributed by atoms with Gasteiger partial charge in [-0.05, 0) is 36.4 Å². The molecule has 0 saturated heterocycles. The number of benzene rings is 1. The summed E-state index contributed by atoms with van der Waals surface area (Å²) in [6.07, 6.45) is 3.07. The number of carbonyl (C=O) groups is 1. The van der Waals surface area contributed by atoms with Gasteiger partial charge in [-0.2, -0.15) is 0 Å². The quantitative estimate of drug-likeness (QED) is 0.609. The van der Waals surface area contributed by atoms with Crippen molar-refractivity contribution < 1.29 is 18.3 Å². The maximum absolute atomic E-state index is 14.1. The van der Waals surface area contributed by atoms with Crippen molar-refractivity contribution in [1.82, 2.24) is 14.6 Å². The van der Waals surface area contributed by atoms with Crippen molar-refractivity contribution in [2.75, 3.05) is 12.4 Å². The molecule has 4 aromatic rings. The minimum absolute atomic E-state index is 0.0338. The highest BCUT2D eigenvalue weighted by molar-refractivity contribution is 6.02. The molecule has 1 aromatic carbocycles. The van der Waals surface area contributed by atoms with Gasteiger partial charge in [0.05, 0.1) is 31.0 Å². The third-order valence-electron chi connectivity index (χ3n) is 3.76. The number of halogens is 1. The second-order valence-corrected chi connectivity index (χ2v) is 5.43. The Bertz CT molecular complexity index is 1090. The fourth-order valence-corrected chi connectivity index (χ4v) is 2.48. The van der Waals surface area contributed by atoms with Crippen molar-refractivity contribution in [1.29, 1.82) is 0 Å². The van der Waals surface area contributed by atoms with Crippen molar-refractivity contribution in [3.05, 3.63) is 66.5 Å². The largest absolute Gasteiger partial charge is 0.480 e. The number of rotatable bonds is 4. The number of methoxy groups -OCH3 is 1. The second-order valence-electron chi connectivity index (χ2n) is 5.43. The van der Waals surface area contributed by atoms with Crippen LogP contribution in [-0.4, -0.2) is 27.6 Å². The Hall–Kier alpha value is -3.68. The first-order valence-corrected chi connectivity index (χ1v) is 7.69. The number of amides is 1. The van der Waals surface area contributed by atoms with Crippen LogP contribution in [0.25, 0.3) is 16.9 Å². The molecule has 0 bridgehead atoms. The van der Waals surface area contributed by atoms with Gasteiger partial charge in [-0.15, -0.1) is 5.10 Å². The van der Waals surface area contributed by atoms with Gasteiger partial charge in [0.1, 0.15) is 5.82 Å². The summed E-state index contributed by atoms with van der Waals surface area (Å²) in [5.41, 5.74) is 1.86. The summed E-state index contributed by atoms with van der Waals surface area (Å²) in [5.74, 6) is -0.546. The normalized spacial score (nSPS) is 10.8. The Morgan fingerprint density at radius 1 is 1.27 bits per heavy atom. The summed E-state index contributed by atoms with van der Waals surface area (Å²) in [6, 6.07) is 10.9. The molecular formula is C18H13FN4O3. The van der Waals surface area contributed by atoms with Gasteiger partial charge in [0.2, 0.25) is 5.88 Å². The zero-order valence-corrected chi connectivity index (χ0v) is 13.6. The molecule has 4 rings (SSSR count). The summed E-state index contributed by atoms with van der Waals surface area (Å²) in [4.78, 5) is 16.5. The number of hydrogen-bond donors (Lipinski definition) is 1. The van der Waals surface area contributed by atoms with Gasteiger partial charge in [-0.3, -0.25) is 4.79 Å². The minimum Gasteiger partial charge on any atom is -0.480 e. The number of furan rings is 1. The molecule has 0 atom stereocenters. The molecule has 130 valence electrons. The number of fused-ring (bicyclic) bond motifs is 1. The zero-order valence-electron chi connectivity index (χ0n) is 13.6. The van der Waals surface area contributed by atoms with E-state index in [1.54, 1.807) is 35.0 Å². The molecule has 0 aliphatic carbocycles. The Morgan fingerprint density at radius 2 is 2.15 bits per heavy atom. The topological polar surface area (TPSA) is 81.7 Å². The summed E-state index contributed by atoms with van der Waals surface area (Å²) in [7, 11) is 1.53. The van der Waals surface area contributed by atoms with Crippen LogP contribution in [-0.2, 0) is 0 Å².